The fourth-order valence-electron chi connectivity index (χ4n) is 2.56. The fourth-order valence-corrected chi connectivity index (χ4v) is 3.39. The van der Waals surface area contributed by atoms with Gasteiger partial charge in [-0.15, -0.1) is 6.42 Å². The Labute approximate surface area is 173 Å². The average molecular weight is 408 g/mol. The van der Waals surface area contributed by atoms with Crippen LogP contribution >= 0.6 is 11.8 Å². The van der Waals surface area contributed by atoms with E-state index in [1.54, 1.807) is 49.6 Å². The summed E-state index contributed by atoms with van der Waals surface area (Å²) in [4.78, 5) is 30.3. The van der Waals surface area contributed by atoms with Gasteiger partial charge in [0.1, 0.15) is 5.76 Å². The molecule has 1 N–H and O–H groups in total. The lowest BCUT2D eigenvalue weighted by molar-refractivity contribution is -0.116. The van der Waals surface area contributed by atoms with Crippen LogP contribution in [0.1, 0.15) is 21.9 Å². The summed E-state index contributed by atoms with van der Waals surface area (Å²) in [5.74, 6) is 3.21. The average Bonchev–Trinajstić information content (AvgIpc) is 3.34. The van der Waals surface area contributed by atoms with Crippen molar-refractivity contribution in [3.05, 3.63) is 65.9 Å². The molecule has 0 aliphatic rings. The van der Waals surface area contributed by atoms with Crippen molar-refractivity contribution in [2.75, 3.05) is 18.9 Å². The SMILES string of the molecule is C#Cc1cccc(NC(=O)CN(C)C(=O)c2ccc(CSc3nccn3C)o2)c1. The molecule has 0 bridgehead atoms. The third kappa shape index (κ3) is 5.30. The summed E-state index contributed by atoms with van der Waals surface area (Å²) in [5.41, 5.74) is 1.25. The number of carbonyl (C=O) groups excluding carboxylic acids is 2. The third-order valence-corrected chi connectivity index (χ3v) is 5.11. The molecular formula is C21H20N4O3S. The van der Waals surface area contributed by atoms with Gasteiger partial charge in [-0.25, -0.2) is 4.98 Å². The number of imidazole rings is 1. The number of terminal acetylenes is 1. The van der Waals surface area contributed by atoms with Gasteiger partial charge in [-0.1, -0.05) is 23.7 Å². The Bertz CT molecular complexity index is 1060. The van der Waals surface area contributed by atoms with Crippen LogP contribution in [-0.2, 0) is 17.6 Å². The fraction of sp³-hybridized carbons (Fsp3) is 0.190. The molecule has 148 valence electrons. The highest BCUT2D eigenvalue weighted by Gasteiger charge is 2.19. The minimum absolute atomic E-state index is 0.114. The van der Waals surface area contributed by atoms with Crippen molar-refractivity contribution in [2.45, 2.75) is 10.9 Å². The van der Waals surface area contributed by atoms with Crippen LogP contribution in [0.4, 0.5) is 5.69 Å². The number of likely N-dealkylation sites (N-methyl/N-ethyl adjacent to an activating group) is 1. The molecule has 2 heterocycles. The zero-order valence-electron chi connectivity index (χ0n) is 16.1. The van der Waals surface area contributed by atoms with Crippen LogP contribution in [0.5, 0.6) is 0 Å². The lowest BCUT2D eigenvalue weighted by atomic mass is 10.2. The summed E-state index contributed by atoms with van der Waals surface area (Å²) < 4.78 is 7.54. The van der Waals surface area contributed by atoms with Gasteiger partial charge in [0.15, 0.2) is 10.9 Å². The molecule has 0 fully saturated rings. The van der Waals surface area contributed by atoms with Crippen LogP contribution < -0.4 is 5.32 Å². The molecule has 2 aromatic heterocycles. The maximum atomic E-state index is 12.5. The minimum atomic E-state index is -0.370. The van der Waals surface area contributed by atoms with Gasteiger partial charge in [-0.2, -0.15) is 0 Å². The van der Waals surface area contributed by atoms with Gasteiger partial charge in [-0.3, -0.25) is 9.59 Å². The molecule has 0 radical (unpaired) electrons. The first-order valence-corrected chi connectivity index (χ1v) is 9.75. The van der Waals surface area contributed by atoms with Crippen molar-refractivity contribution in [2.24, 2.45) is 7.05 Å². The molecule has 0 aliphatic carbocycles. The number of rotatable bonds is 7. The second kappa shape index (κ2) is 9.17. The number of hydrogen-bond acceptors (Lipinski definition) is 5. The lowest BCUT2D eigenvalue weighted by Crippen LogP contribution is -2.34. The van der Waals surface area contributed by atoms with Crippen molar-refractivity contribution in [1.29, 1.82) is 0 Å². The number of benzene rings is 1. The van der Waals surface area contributed by atoms with Gasteiger partial charge in [-0.05, 0) is 30.3 Å². The van der Waals surface area contributed by atoms with E-state index in [-0.39, 0.29) is 24.1 Å². The van der Waals surface area contributed by atoms with Crippen LogP contribution in [-0.4, -0.2) is 39.9 Å². The van der Waals surface area contributed by atoms with E-state index in [1.165, 1.54) is 16.7 Å². The molecule has 0 unspecified atom stereocenters. The molecule has 7 nitrogen and oxygen atoms in total. The zero-order chi connectivity index (χ0) is 20.8. The topological polar surface area (TPSA) is 80.4 Å². The van der Waals surface area contributed by atoms with Crippen LogP contribution in [0.15, 0.2) is 58.4 Å². The highest BCUT2D eigenvalue weighted by atomic mass is 32.2. The number of aryl methyl sites for hydroxylation is 1. The monoisotopic (exact) mass is 408 g/mol. The number of hydrogen-bond donors (Lipinski definition) is 1. The number of amides is 2. The number of carbonyl (C=O) groups is 2. The molecule has 0 saturated carbocycles. The van der Waals surface area contributed by atoms with Gasteiger partial charge < -0.3 is 19.2 Å². The maximum absolute atomic E-state index is 12.5. The first kappa shape index (κ1) is 20.3. The van der Waals surface area contributed by atoms with Crippen LogP contribution in [0.25, 0.3) is 0 Å². The van der Waals surface area contributed by atoms with Crippen molar-refractivity contribution in [3.63, 3.8) is 0 Å². The zero-order valence-corrected chi connectivity index (χ0v) is 16.9. The maximum Gasteiger partial charge on any atom is 0.289 e. The van der Waals surface area contributed by atoms with Crippen molar-refractivity contribution in [3.8, 4) is 12.3 Å². The van der Waals surface area contributed by atoms with Gasteiger partial charge in [0.2, 0.25) is 5.91 Å². The Kier molecular flexibility index (Phi) is 6.42. The van der Waals surface area contributed by atoms with Gasteiger partial charge >= 0.3 is 0 Å². The van der Waals surface area contributed by atoms with E-state index in [9.17, 15) is 9.59 Å². The van der Waals surface area contributed by atoms with E-state index in [0.717, 1.165) is 5.16 Å². The Morgan fingerprint density at radius 1 is 1.34 bits per heavy atom. The Hall–Kier alpha value is -3.44. The third-order valence-electron chi connectivity index (χ3n) is 4.03. The van der Waals surface area contributed by atoms with E-state index in [0.29, 0.717) is 22.8 Å². The summed E-state index contributed by atoms with van der Waals surface area (Å²) in [6, 6.07) is 10.3. The molecule has 3 rings (SSSR count). The highest BCUT2D eigenvalue weighted by molar-refractivity contribution is 7.98. The summed E-state index contributed by atoms with van der Waals surface area (Å²) in [6.45, 7) is -0.114. The molecule has 8 heteroatoms. The molecule has 0 atom stereocenters. The molecule has 0 saturated heterocycles. The van der Waals surface area contributed by atoms with Gasteiger partial charge in [0.25, 0.3) is 5.91 Å². The molecule has 0 aliphatic heterocycles. The summed E-state index contributed by atoms with van der Waals surface area (Å²) in [7, 11) is 3.46. The number of furan rings is 1. The lowest BCUT2D eigenvalue weighted by Gasteiger charge is -2.15. The molecule has 0 spiro atoms. The largest absolute Gasteiger partial charge is 0.455 e. The van der Waals surface area contributed by atoms with E-state index in [1.807, 2.05) is 17.8 Å². The molecule has 29 heavy (non-hydrogen) atoms. The predicted molar refractivity (Wildman–Crippen MR) is 111 cm³/mol. The number of nitrogens with one attached hydrogen (secondary N) is 1. The first-order chi connectivity index (χ1) is 14.0. The summed E-state index contributed by atoms with van der Waals surface area (Å²) >= 11 is 1.51. The second-order valence-corrected chi connectivity index (χ2v) is 7.25. The first-order valence-electron chi connectivity index (χ1n) is 8.77. The second-order valence-electron chi connectivity index (χ2n) is 6.31. The van der Waals surface area contributed by atoms with Crippen molar-refractivity contribution < 1.29 is 14.0 Å². The normalized spacial score (nSPS) is 10.4. The molecular weight excluding hydrogens is 388 g/mol. The summed E-state index contributed by atoms with van der Waals surface area (Å²) in [6.07, 6.45) is 8.95. The van der Waals surface area contributed by atoms with E-state index < -0.39 is 0 Å². The Morgan fingerprint density at radius 2 is 2.17 bits per heavy atom. The van der Waals surface area contributed by atoms with Crippen molar-refractivity contribution >= 4 is 29.3 Å². The number of anilines is 1. The summed E-state index contributed by atoms with van der Waals surface area (Å²) in [5, 5.41) is 3.59. The molecule has 2 amide bonds. The van der Waals surface area contributed by atoms with Crippen molar-refractivity contribution in [1.82, 2.24) is 14.5 Å². The van der Waals surface area contributed by atoms with Gasteiger partial charge in [0, 0.05) is 37.7 Å². The van der Waals surface area contributed by atoms with E-state index in [4.69, 9.17) is 10.8 Å². The van der Waals surface area contributed by atoms with Crippen LogP contribution in [0.3, 0.4) is 0 Å². The smallest absolute Gasteiger partial charge is 0.289 e. The van der Waals surface area contributed by atoms with Crippen LogP contribution in [0, 0.1) is 12.3 Å². The predicted octanol–water partition coefficient (Wildman–Crippen LogP) is 3.00. The van der Waals surface area contributed by atoms with Gasteiger partial charge in [0.05, 0.1) is 12.3 Å². The Morgan fingerprint density at radius 3 is 2.90 bits per heavy atom. The minimum Gasteiger partial charge on any atom is -0.455 e. The Balaban J connectivity index is 1.54. The standard InChI is InChI=1S/C21H20N4O3S/c1-4-15-6-5-7-16(12-15)23-19(26)13-25(3)20(27)18-9-8-17(28-18)14-29-21-22-10-11-24(21)2/h1,5-12H,13-14H2,2-3H3,(H,23,26). The highest BCUT2D eigenvalue weighted by Crippen LogP contribution is 2.22. The van der Waals surface area contributed by atoms with Crippen LogP contribution in [0.2, 0.25) is 0 Å². The number of nitrogens with zero attached hydrogens (tertiary/aromatic N) is 3. The number of thioether (sulfide) groups is 1. The van der Waals surface area contributed by atoms with E-state index >= 15 is 0 Å². The molecule has 3 aromatic rings. The quantitative estimate of drug-likeness (QED) is 0.480. The van der Waals surface area contributed by atoms with E-state index in [2.05, 4.69) is 16.2 Å². The molecule has 1 aromatic carbocycles. The number of aromatic nitrogens is 2.